The van der Waals surface area contributed by atoms with E-state index in [1.807, 2.05) is 0 Å². The molecule has 1 heterocycles. The number of ether oxygens (including phenoxy) is 1. The minimum atomic E-state index is -0.621. The van der Waals surface area contributed by atoms with Gasteiger partial charge in [0.25, 0.3) is 0 Å². The van der Waals surface area contributed by atoms with E-state index < -0.39 is 11.7 Å². The van der Waals surface area contributed by atoms with E-state index in [-0.39, 0.29) is 12.5 Å². The van der Waals surface area contributed by atoms with Gasteiger partial charge in [0.15, 0.2) is 0 Å². The SMILES string of the molecule is Cn1cc(NC(=O)CNC(=O)OC(C)(C)C)cn1. The standard InChI is InChI=1S/C11H18N4O3/c1-11(2,3)18-10(17)12-6-9(16)14-8-5-13-15(4)7-8/h5,7H,6H2,1-4H3,(H,12,17)(H,14,16). The van der Waals surface area contributed by atoms with Crippen LogP contribution in [-0.4, -0.2) is 33.9 Å². The van der Waals surface area contributed by atoms with Crippen LogP contribution in [-0.2, 0) is 16.6 Å². The summed E-state index contributed by atoms with van der Waals surface area (Å²) < 4.78 is 6.56. The van der Waals surface area contributed by atoms with Crippen molar-refractivity contribution in [3.8, 4) is 0 Å². The summed E-state index contributed by atoms with van der Waals surface area (Å²) in [4.78, 5) is 22.8. The zero-order chi connectivity index (χ0) is 13.8. The molecule has 0 atom stereocenters. The predicted octanol–water partition coefficient (Wildman–Crippen LogP) is 0.883. The molecule has 18 heavy (non-hydrogen) atoms. The number of alkyl carbamates (subject to hydrolysis) is 1. The quantitative estimate of drug-likeness (QED) is 0.838. The highest BCUT2D eigenvalue weighted by molar-refractivity contribution is 5.93. The molecular weight excluding hydrogens is 236 g/mol. The summed E-state index contributed by atoms with van der Waals surface area (Å²) >= 11 is 0. The Kier molecular flexibility index (Phi) is 4.30. The molecule has 0 aromatic carbocycles. The van der Waals surface area contributed by atoms with Gasteiger partial charge < -0.3 is 15.4 Å². The molecule has 7 nitrogen and oxygen atoms in total. The summed E-state index contributed by atoms with van der Waals surface area (Å²) in [5.74, 6) is -0.339. The van der Waals surface area contributed by atoms with Crippen molar-refractivity contribution in [2.45, 2.75) is 26.4 Å². The number of amides is 2. The first-order valence-corrected chi connectivity index (χ1v) is 5.51. The van der Waals surface area contributed by atoms with Gasteiger partial charge in [0.05, 0.1) is 11.9 Å². The average molecular weight is 254 g/mol. The highest BCUT2D eigenvalue weighted by Crippen LogP contribution is 2.06. The zero-order valence-electron chi connectivity index (χ0n) is 11.0. The molecular formula is C11H18N4O3. The summed E-state index contributed by atoms with van der Waals surface area (Å²) in [5, 5.41) is 8.86. The van der Waals surface area contributed by atoms with E-state index in [4.69, 9.17) is 4.74 Å². The van der Waals surface area contributed by atoms with Gasteiger partial charge in [-0.25, -0.2) is 4.79 Å². The minimum absolute atomic E-state index is 0.149. The van der Waals surface area contributed by atoms with Crippen molar-refractivity contribution in [3.63, 3.8) is 0 Å². The van der Waals surface area contributed by atoms with Crippen molar-refractivity contribution in [2.75, 3.05) is 11.9 Å². The molecule has 0 aliphatic carbocycles. The fraction of sp³-hybridized carbons (Fsp3) is 0.545. The lowest BCUT2D eigenvalue weighted by molar-refractivity contribution is -0.115. The Morgan fingerprint density at radius 3 is 2.61 bits per heavy atom. The third-order valence-electron chi connectivity index (χ3n) is 1.78. The Bertz CT molecular complexity index is 434. The van der Waals surface area contributed by atoms with Crippen LogP contribution in [0.25, 0.3) is 0 Å². The van der Waals surface area contributed by atoms with Gasteiger partial charge in [-0.3, -0.25) is 9.48 Å². The van der Waals surface area contributed by atoms with Crippen molar-refractivity contribution < 1.29 is 14.3 Å². The van der Waals surface area contributed by atoms with E-state index in [0.29, 0.717) is 5.69 Å². The van der Waals surface area contributed by atoms with Crippen molar-refractivity contribution in [3.05, 3.63) is 12.4 Å². The molecule has 1 aromatic rings. The molecule has 100 valence electrons. The first-order chi connectivity index (χ1) is 8.26. The maximum atomic E-state index is 11.5. The highest BCUT2D eigenvalue weighted by atomic mass is 16.6. The molecule has 2 amide bonds. The predicted molar refractivity (Wildman–Crippen MR) is 66.1 cm³/mol. The van der Waals surface area contributed by atoms with Crippen molar-refractivity contribution in [2.24, 2.45) is 7.05 Å². The van der Waals surface area contributed by atoms with Crippen LogP contribution in [0, 0.1) is 0 Å². The van der Waals surface area contributed by atoms with Crippen molar-refractivity contribution >= 4 is 17.7 Å². The number of carbonyl (C=O) groups is 2. The Morgan fingerprint density at radius 2 is 2.11 bits per heavy atom. The number of anilines is 1. The third kappa shape index (κ3) is 5.33. The van der Waals surface area contributed by atoms with Crippen molar-refractivity contribution in [1.82, 2.24) is 15.1 Å². The molecule has 0 saturated heterocycles. The lowest BCUT2D eigenvalue weighted by atomic mass is 10.2. The summed E-state index contributed by atoms with van der Waals surface area (Å²) in [6.07, 6.45) is 2.56. The molecule has 0 saturated carbocycles. The Hall–Kier alpha value is -2.05. The topological polar surface area (TPSA) is 85.2 Å². The minimum Gasteiger partial charge on any atom is -0.444 e. The van der Waals surface area contributed by atoms with Crippen LogP contribution in [0.4, 0.5) is 10.5 Å². The summed E-state index contributed by atoms with van der Waals surface area (Å²) in [6.45, 7) is 5.11. The maximum absolute atomic E-state index is 11.5. The molecule has 0 aliphatic rings. The number of aromatic nitrogens is 2. The van der Waals surface area contributed by atoms with Gasteiger partial charge in [0, 0.05) is 13.2 Å². The van der Waals surface area contributed by atoms with E-state index in [1.165, 1.54) is 6.20 Å². The molecule has 0 unspecified atom stereocenters. The van der Waals surface area contributed by atoms with Crippen LogP contribution < -0.4 is 10.6 Å². The van der Waals surface area contributed by atoms with Crippen molar-refractivity contribution in [1.29, 1.82) is 0 Å². The molecule has 0 bridgehead atoms. The second kappa shape index (κ2) is 5.52. The smallest absolute Gasteiger partial charge is 0.408 e. The Labute approximate surface area is 105 Å². The molecule has 7 heteroatoms. The van der Waals surface area contributed by atoms with Gasteiger partial charge in [0.1, 0.15) is 12.1 Å². The Morgan fingerprint density at radius 1 is 1.44 bits per heavy atom. The zero-order valence-corrected chi connectivity index (χ0v) is 11.0. The average Bonchev–Trinajstić information content (AvgIpc) is 2.58. The number of aryl methyl sites for hydroxylation is 1. The third-order valence-corrected chi connectivity index (χ3v) is 1.78. The molecule has 0 radical (unpaired) electrons. The van der Waals surface area contributed by atoms with Crippen LogP contribution in [0.1, 0.15) is 20.8 Å². The highest BCUT2D eigenvalue weighted by Gasteiger charge is 2.16. The summed E-state index contributed by atoms with van der Waals surface area (Å²) in [5.41, 5.74) is -0.00215. The van der Waals surface area contributed by atoms with E-state index in [2.05, 4.69) is 15.7 Å². The second-order valence-electron chi connectivity index (χ2n) is 4.81. The van der Waals surface area contributed by atoms with Crippen LogP contribution in [0.5, 0.6) is 0 Å². The van der Waals surface area contributed by atoms with Gasteiger partial charge in [-0.2, -0.15) is 5.10 Å². The van der Waals surface area contributed by atoms with Crippen LogP contribution in [0.3, 0.4) is 0 Å². The van der Waals surface area contributed by atoms with Crippen LogP contribution in [0.2, 0.25) is 0 Å². The number of carbonyl (C=O) groups excluding carboxylic acids is 2. The number of nitrogens with zero attached hydrogens (tertiary/aromatic N) is 2. The number of nitrogens with one attached hydrogen (secondary N) is 2. The molecule has 2 N–H and O–H groups in total. The lowest BCUT2D eigenvalue weighted by Gasteiger charge is -2.19. The van der Waals surface area contributed by atoms with Gasteiger partial charge in [-0.15, -0.1) is 0 Å². The van der Waals surface area contributed by atoms with Gasteiger partial charge in [-0.05, 0) is 20.8 Å². The Balaban J connectivity index is 2.31. The normalized spacial score (nSPS) is 10.9. The molecule has 0 aliphatic heterocycles. The first kappa shape index (κ1) is 14.0. The second-order valence-corrected chi connectivity index (χ2v) is 4.81. The maximum Gasteiger partial charge on any atom is 0.408 e. The monoisotopic (exact) mass is 254 g/mol. The molecule has 1 aromatic heterocycles. The van der Waals surface area contributed by atoms with Crippen LogP contribution in [0.15, 0.2) is 12.4 Å². The van der Waals surface area contributed by atoms with Crippen LogP contribution >= 0.6 is 0 Å². The van der Waals surface area contributed by atoms with E-state index >= 15 is 0 Å². The van der Waals surface area contributed by atoms with Gasteiger partial charge >= 0.3 is 6.09 Å². The van der Waals surface area contributed by atoms with Gasteiger partial charge in [-0.1, -0.05) is 0 Å². The summed E-state index contributed by atoms with van der Waals surface area (Å²) in [6, 6.07) is 0. The molecule has 1 rings (SSSR count). The first-order valence-electron chi connectivity index (χ1n) is 5.51. The summed E-state index contributed by atoms with van der Waals surface area (Å²) in [7, 11) is 1.74. The van der Waals surface area contributed by atoms with E-state index in [0.717, 1.165) is 0 Å². The number of hydrogen-bond acceptors (Lipinski definition) is 4. The fourth-order valence-electron chi connectivity index (χ4n) is 1.16. The van der Waals surface area contributed by atoms with E-state index in [9.17, 15) is 9.59 Å². The number of rotatable bonds is 3. The fourth-order valence-corrected chi connectivity index (χ4v) is 1.16. The number of hydrogen-bond donors (Lipinski definition) is 2. The van der Waals surface area contributed by atoms with Gasteiger partial charge in [0.2, 0.25) is 5.91 Å². The largest absolute Gasteiger partial charge is 0.444 e. The lowest BCUT2D eigenvalue weighted by Crippen LogP contribution is -2.37. The molecule has 0 fully saturated rings. The molecule has 0 spiro atoms. The van der Waals surface area contributed by atoms with E-state index in [1.54, 1.807) is 38.7 Å².